The van der Waals surface area contributed by atoms with E-state index in [1.807, 2.05) is 44.7 Å². The number of aliphatic hydroxyl groups is 5. The number of likely N-dealkylation sites (N-methyl/N-ethyl adjacent to an activating group) is 2. The van der Waals surface area contributed by atoms with Crippen LogP contribution in [-0.2, 0) is 55.6 Å². The second-order valence-corrected chi connectivity index (χ2v) is 21.2. The summed E-state index contributed by atoms with van der Waals surface area (Å²) in [5.41, 5.74) is -1.72. The van der Waals surface area contributed by atoms with Crippen LogP contribution in [-0.4, -0.2) is 200 Å². The van der Waals surface area contributed by atoms with Crippen molar-refractivity contribution < 1.29 is 73.2 Å². The molecule has 416 valence electrons. The van der Waals surface area contributed by atoms with E-state index in [-0.39, 0.29) is 43.6 Å². The number of nitro groups is 1. The fraction of sp³-hybridized carbons (Fsp3) is 0.804. The lowest BCUT2D eigenvalue weighted by molar-refractivity contribution is -0.384. The molecular formula is C51H86N6O16. The number of nitrogens with zero attached hydrogens (tertiary/aromatic N) is 6. The highest BCUT2D eigenvalue weighted by Crippen LogP contribution is 2.36. The van der Waals surface area contributed by atoms with Crippen molar-refractivity contribution in [2.45, 2.75) is 199 Å². The Hall–Kier alpha value is -3.78. The molecule has 2 aromatic rings. The fourth-order valence-corrected chi connectivity index (χ4v) is 10.1. The van der Waals surface area contributed by atoms with Gasteiger partial charge in [-0.1, -0.05) is 38.1 Å². The zero-order chi connectivity index (χ0) is 54.7. The molecule has 4 rings (SSSR count). The molecule has 1 aromatic heterocycles. The Balaban J connectivity index is 1.47. The molecule has 18 atom stereocenters. The van der Waals surface area contributed by atoms with Crippen LogP contribution in [0.4, 0.5) is 5.69 Å². The SMILES string of the molecule is CC[C@@H](OC(=O)[C@H](C)[C@@H](O[C@H]1C[C@@](C)(OC)[C@@H](O)[C@H](C)O1)[C@H](C)CO[C@@H]1O[C@H](C)C[C@H](N(C)CCc2cn([C@@H](Cc3ccc([N+](=O)[O-])cc3)C(=O)OC)nn2)[C@H]1O)[C@@](C)(O)[C@H](O)[C@@H](C)N(C)C[C@H](C)C[C@@H](C)O. The molecule has 0 bridgehead atoms. The molecule has 0 aliphatic carbocycles. The summed E-state index contributed by atoms with van der Waals surface area (Å²) in [4.78, 5) is 41.7. The van der Waals surface area contributed by atoms with Crippen LogP contribution in [0.5, 0.6) is 0 Å². The molecule has 22 heteroatoms. The normalized spacial score (nSPS) is 28.3. The Kier molecular flexibility index (Phi) is 23.1. The van der Waals surface area contributed by atoms with Gasteiger partial charge in [-0.3, -0.25) is 14.9 Å². The van der Waals surface area contributed by atoms with Crippen molar-refractivity contribution in [3.63, 3.8) is 0 Å². The number of rotatable bonds is 28. The van der Waals surface area contributed by atoms with Crippen molar-refractivity contribution in [1.29, 1.82) is 0 Å². The van der Waals surface area contributed by atoms with Gasteiger partial charge in [-0.05, 0) is 93.3 Å². The number of esters is 2. The number of hydrogen-bond donors (Lipinski definition) is 5. The third-order valence-corrected chi connectivity index (χ3v) is 14.9. The third-order valence-electron chi connectivity index (χ3n) is 14.9. The van der Waals surface area contributed by atoms with Gasteiger partial charge in [-0.2, -0.15) is 0 Å². The standard InChI is InChI=1S/C51H86N6O16/c1-15-41(51(10,64)45(60)34(7)55(12)26-29(2)22-31(4)58)72-47(62)33(6)44(73-42-25-50(9,68-14)46(61)35(8)71-42)30(3)28-69-49-43(59)39(23-32(5)70-49)54(11)21-20-37-27-56(53-52-37)40(48(63)67-13)24-36-16-18-38(19-17-36)57(65)66/h16-19,27,29-35,39-46,49,58-61,64H,15,20-26,28H2,1-14H3/t29-,30-,31-,32-,33-,34-,35+,39+,40+,41-,42+,43-,44+,45-,46+,49-,50-,51-/m1/s1. The van der Waals surface area contributed by atoms with Crippen LogP contribution in [0.3, 0.4) is 0 Å². The van der Waals surface area contributed by atoms with E-state index in [0.29, 0.717) is 43.6 Å². The highest BCUT2D eigenvalue weighted by atomic mass is 16.7. The van der Waals surface area contributed by atoms with E-state index in [9.17, 15) is 45.2 Å². The van der Waals surface area contributed by atoms with E-state index in [0.717, 1.165) is 0 Å². The Labute approximate surface area is 430 Å². The zero-order valence-electron chi connectivity index (χ0n) is 45.4. The highest BCUT2D eigenvalue weighted by Gasteiger charge is 2.49. The van der Waals surface area contributed by atoms with E-state index >= 15 is 0 Å². The van der Waals surface area contributed by atoms with E-state index < -0.39 is 113 Å². The van der Waals surface area contributed by atoms with Crippen molar-refractivity contribution in [2.75, 3.05) is 48.0 Å². The van der Waals surface area contributed by atoms with E-state index in [4.69, 9.17) is 33.2 Å². The monoisotopic (exact) mass is 1040 g/mol. The van der Waals surface area contributed by atoms with Crippen LogP contribution in [0.1, 0.15) is 112 Å². The van der Waals surface area contributed by atoms with Crippen molar-refractivity contribution in [3.05, 3.63) is 51.8 Å². The lowest BCUT2D eigenvalue weighted by Gasteiger charge is -2.46. The molecule has 0 radical (unpaired) electrons. The van der Waals surface area contributed by atoms with Gasteiger partial charge >= 0.3 is 11.9 Å². The van der Waals surface area contributed by atoms with E-state index in [1.54, 1.807) is 59.9 Å². The fourth-order valence-electron chi connectivity index (χ4n) is 10.1. The first-order valence-electron chi connectivity index (χ1n) is 25.6. The Bertz CT molecular complexity index is 2030. The predicted molar refractivity (Wildman–Crippen MR) is 267 cm³/mol. The molecule has 2 aliphatic heterocycles. The minimum Gasteiger partial charge on any atom is -0.467 e. The van der Waals surface area contributed by atoms with Gasteiger partial charge in [0.25, 0.3) is 5.69 Å². The first-order valence-corrected chi connectivity index (χ1v) is 25.6. The first-order chi connectivity index (χ1) is 34.2. The summed E-state index contributed by atoms with van der Waals surface area (Å²) in [6, 6.07) is 4.07. The number of hydrogen-bond acceptors (Lipinski definition) is 20. The molecule has 22 nitrogen and oxygen atoms in total. The van der Waals surface area contributed by atoms with Gasteiger partial charge in [0.1, 0.15) is 30.0 Å². The van der Waals surface area contributed by atoms with Gasteiger partial charge in [-0.25, -0.2) is 9.48 Å². The van der Waals surface area contributed by atoms with Crippen molar-refractivity contribution in [3.8, 4) is 0 Å². The Morgan fingerprint density at radius 1 is 1.05 bits per heavy atom. The molecule has 0 saturated carbocycles. The summed E-state index contributed by atoms with van der Waals surface area (Å²) in [5, 5.41) is 75.7. The number of ether oxygens (including phenoxy) is 7. The predicted octanol–water partition coefficient (Wildman–Crippen LogP) is 3.22. The number of methoxy groups -OCH3 is 2. The number of benzene rings is 1. The molecule has 2 aliphatic rings. The molecule has 0 amide bonds. The average molecular weight is 1040 g/mol. The number of carbonyl (C=O) groups is 2. The first kappa shape index (κ1) is 61.8. The molecule has 2 saturated heterocycles. The van der Waals surface area contributed by atoms with Crippen LogP contribution >= 0.6 is 0 Å². The summed E-state index contributed by atoms with van der Waals surface area (Å²) in [6.07, 6.45) is -5.36. The highest BCUT2D eigenvalue weighted by molar-refractivity contribution is 5.74. The lowest BCUT2D eigenvalue weighted by atomic mass is 9.85. The maximum atomic E-state index is 14.3. The van der Waals surface area contributed by atoms with Crippen LogP contribution in [0.2, 0.25) is 0 Å². The topological polar surface area (TPSA) is 280 Å². The summed E-state index contributed by atoms with van der Waals surface area (Å²) in [5.74, 6) is -2.69. The molecule has 73 heavy (non-hydrogen) atoms. The van der Waals surface area contributed by atoms with E-state index in [1.165, 1.54) is 38.0 Å². The molecular weight excluding hydrogens is 953 g/mol. The number of aliphatic hydroxyl groups excluding tert-OH is 4. The minimum absolute atomic E-state index is 0.0467. The maximum absolute atomic E-state index is 14.3. The summed E-state index contributed by atoms with van der Waals surface area (Å²) >= 11 is 0. The van der Waals surface area contributed by atoms with Gasteiger partial charge in [0.2, 0.25) is 0 Å². The van der Waals surface area contributed by atoms with Gasteiger partial charge < -0.3 is 68.5 Å². The largest absolute Gasteiger partial charge is 0.467 e. The average Bonchev–Trinajstić information content (AvgIpc) is 3.82. The van der Waals surface area contributed by atoms with Crippen molar-refractivity contribution in [2.24, 2.45) is 17.8 Å². The smallest absolute Gasteiger partial charge is 0.331 e. The van der Waals surface area contributed by atoms with E-state index in [2.05, 4.69) is 10.3 Å². The zero-order valence-corrected chi connectivity index (χ0v) is 45.4. The maximum Gasteiger partial charge on any atom is 0.331 e. The number of aromatic nitrogens is 3. The third kappa shape index (κ3) is 16.4. The molecule has 3 heterocycles. The van der Waals surface area contributed by atoms with Gasteiger partial charge in [0.05, 0.1) is 60.3 Å². The summed E-state index contributed by atoms with van der Waals surface area (Å²) < 4.78 is 43.5. The van der Waals surface area contributed by atoms with Gasteiger partial charge in [0.15, 0.2) is 18.6 Å². The summed E-state index contributed by atoms with van der Waals surface area (Å²) in [7, 11) is 6.47. The van der Waals surface area contributed by atoms with Crippen LogP contribution < -0.4 is 0 Å². The Morgan fingerprint density at radius 2 is 1.71 bits per heavy atom. The van der Waals surface area contributed by atoms with Crippen molar-refractivity contribution >= 4 is 17.6 Å². The molecule has 0 spiro atoms. The molecule has 2 fully saturated rings. The second-order valence-electron chi connectivity index (χ2n) is 21.2. The second kappa shape index (κ2) is 27.3. The minimum atomic E-state index is -1.87. The lowest BCUT2D eigenvalue weighted by Crippen LogP contribution is -2.59. The van der Waals surface area contributed by atoms with Gasteiger partial charge in [0, 0.05) is 75.8 Å². The van der Waals surface area contributed by atoms with Crippen molar-refractivity contribution in [1.82, 2.24) is 24.8 Å². The van der Waals surface area contributed by atoms with Crippen LogP contribution in [0, 0.1) is 27.9 Å². The van der Waals surface area contributed by atoms with Crippen LogP contribution in [0.25, 0.3) is 0 Å². The van der Waals surface area contributed by atoms with Crippen LogP contribution in [0.15, 0.2) is 30.5 Å². The number of carbonyl (C=O) groups excluding carboxylic acids is 2. The number of nitro benzene ring substituents is 1. The van der Waals surface area contributed by atoms with Gasteiger partial charge in [-0.15, -0.1) is 5.10 Å². The molecule has 5 N–H and O–H groups in total. The number of non-ortho nitro benzene ring substituents is 1. The Morgan fingerprint density at radius 3 is 2.30 bits per heavy atom. The quantitative estimate of drug-likeness (QED) is 0.0465. The molecule has 0 unspecified atom stereocenters. The summed E-state index contributed by atoms with van der Waals surface area (Å²) in [6.45, 7) is 18.5. The molecule has 1 aromatic carbocycles.